The minimum Gasteiger partial charge on any atom is -0.483 e. The number of hydrogen-bond donors (Lipinski definition) is 2. The third-order valence-electron chi connectivity index (χ3n) is 4.82. The number of aryl methyl sites for hydroxylation is 2. The average molecular weight is 460 g/mol. The van der Waals surface area contributed by atoms with Crippen LogP contribution in [0, 0.1) is 25.2 Å². The topological polar surface area (TPSA) is 91.2 Å². The molecule has 0 radical (unpaired) electrons. The first-order valence-corrected chi connectivity index (χ1v) is 10.5. The molecule has 2 N–H and O–H groups in total. The molecule has 0 saturated heterocycles. The first-order valence-electron chi connectivity index (χ1n) is 10.1. The third-order valence-corrected chi connectivity index (χ3v) is 5.05. The maximum Gasteiger partial charge on any atom is 0.266 e. The highest BCUT2D eigenvalue weighted by molar-refractivity contribution is 6.31. The van der Waals surface area contributed by atoms with Gasteiger partial charge in [0.2, 0.25) is 0 Å². The van der Waals surface area contributed by atoms with E-state index in [1.165, 1.54) is 6.08 Å². The number of para-hydroxylation sites is 1. The highest BCUT2D eigenvalue weighted by atomic mass is 35.5. The van der Waals surface area contributed by atoms with Crippen LogP contribution >= 0.6 is 11.6 Å². The van der Waals surface area contributed by atoms with Crippen molar-refractivity contribution < 1.29 is 14.3 Å². The normalized spacial score (nSPS) is 10.8. The number of hydrogen-bond acceptors (Lipinski definition) is 4. The Hall–Kier alpha value is -4.08. The van der Waals surface area contributed by atoms with E-state index in [1.807, 2.05) is 38.1 Å². The number of nitrogens with one attached hydrogen (secondary N) is 2. The lowest BCUT2D eigenvalue weighted by Crippen LogP contribution is -2.20. The zero-order valence-corrected chi connectivity index (χ0v) is 18.9. The Morgan fingerprint density at radius 2 is 1.73 bits per heavy atom. The van der Waals surface area contributed by atoms with Gasteiger partial charge in [-0.25, -0.2) is 0 Å². The number of halogens is 1. The molecule has 0 aliphatic heterocycles. The van der Waals surface area contributed by atoms with Crippen molar-refractivity contribution in [2.75, 3.05) is 17.2 Å². The van der Waals surface area contributed by atoms with Crippen LogP contribution in [0.3, 0.4) is 0 Å². The molecule has 166 valence electrons. The summed E-state index contributed by atoms with van der Waals surface area (Å²) in [6.45, 7) is 3.74. The second-order valence-electron chi connectivity index (χ2n) is 7.31. The van der Waals surface area contributed by atoms with Gasteiger partial charge in [0.15, 0.2) is 6.61 Å². The molecule has 0 aromatic heterocycles. The van der Waals surface area contributed by atoms with E-state index < -0.39 is 5.91 Å². The van der Waals surface area contributed by atoms with Crippen LogP contribution in [-0.4, -0.2) is 18.4 Å². The number of nitriles is 1. The zero-order chi connectivity index (χ0) is 23.8. The molecule has 0 unspecified atom stereocenters. The van der Waals surface area contributed by atoms with Gasteiger partial charge in [0.1, 0.15) is 17.4 Å². The number of benzene rings is 3. The van der Waals surface area contributed by atoms with Crippen molar-refractivity contribution in [2.24, 2.45) is 0 Å². The van der Waals surface area contributed by atoms with Gasteiger partial charge in [0.05, 0.1) is 0 Å². The standard InChI is InChI=1S/C26H22ClN3O3/c1-17-10-11-23(12-18(17)2)29-25(31)16-33-24-9-4-3-6-19(24)13-20(15-28)26(32)30-22-8-5-7-21(27)14-22/h3-14H,16H2,1-2H3,(H,29,31)(H,30,32)/b20-13-. The van der Waals surface area contributed by atoms with Crippen molar-refractivity contribution in [2.45, 2.75) is 13.8 Å². The van der Waals surface area contributed by atoms with E-state index in [0.717, 1.165) is 11.1 Å². The molecule has 3 aromatic rings. The Kier molecular flexibility index (Phi) is 7.85. The molecule has 3 rings (SSSR count). The molecule has 0 spiro atoms. The number of rotatable bonds is 7. The van der Waals surface area contributed by atoms with Crippen molar-refractivity contribution in [3.05, 3.63) is 94.0 Å². The molecule has 6 nitrogen and oxygen atoms in total. The lowest BCUT2D eigenvalue weighted by atomic mass is 10.1. The van der Waals surface area contributed by atoms with Gasteiger partial charge in [-0.3, -0.25) is 9.59 Å². The SMILES string of the molecule is Cc1ccc(NC(=O)COc2ccccc2/C=C(/C#N)C(=O)Nc2cccc(Cl)c2)cc1C. The Morgan fingerprint density at radius 3 is 2.45 bits per heavy atom. The number of carbonyl (C=O) groups excluding carboxylic acids is 2. The summed E-state index contributed by atoms with van der Waals surface area (Å²) in [7, 11) is 0. The van der Waals surface area contributed by atoms with Crippen molar-refractivity contribution in [3.8, 4) is 11.8 Å². The van der Waals surface area contributed by atoms with E-state index in [1.54, 1.807) is 48.5 Å². The second kappa shape index (κ2) is 11.0. The monoisotopic (exact) mass is 459 g/mol. The van der Waals surface area contributed by atoms with Crippen LogP contribution in [0.4, 0.5) is 11.4 Å². The van der Waals surface area contributed by atoms with Crippen LogP contribution in [0.25, 0.3) is 6.08 Å². The van der Waals surface area contributed by atoms with E-state index in [0.29, 0.717) is 27.7 Å². The molecular formula is C26H22ClN3O3. The van der Waals surface area contributed by atoms with Crippen molar-refractivity contribution >= 4 is 40.9 Å². The van der Waals surface area contributed by atoms with E-state index in [-0.39, 0.29) is 18.1 Å². The Labute approximate surface area is 197 Å². The maximum atomic E-state index is 12.5. The molecule has 0 atom stereocenters. The summed E-state index contributed by atoms with van der Waals surface area (Å²) in [5.74, 6) is -0.533. The van der Waals surface area contributed by atoms with Crippen LogP contribution in [0.1, 0.15) is 16.7 Å². The molecule has 0 aliphatic carbocycles. The van der Waals surface area contributed by atoms with Crippen LogP contribution in [0.15, 0.2) is 72.3 Å². The fraction of sp³-hybridized carbons (Fsp3) is 0.115. The minimum absolute atomic E-state index is 0.120. The fourth-order valence-electron chi connectivity index (χ4n) is 2.96. The van der Waals surface area contributed by atoms with E-state index in [4.69, 9.17) is 16.3 Å². The van der Waals surface area contributed by atoms with E-state index in [2.05, 4.69) is 10.6 Å². The first-order chi connectivity index (χ1) is 15.9. The van der Waals surface area contributed by atoms with E-state index >= 15 is 0 Å². The summed E-state index contributed by atoms with van der Waals surface area (Å²) in [6, 6.07) is 21.0. The van der Waals surface area contributed by atoms with Crippen molar-refractivity contribution in [3.63, 3.8) is 0 Å². The predicted octanol–water partition coefficient (Wildman–Crippen LogP) is 5.52. The lowest BCUT2D eigenvalue weighted by molar-refractivity contribution is -0.118. The van der Waals surface area contributed by atoms with Gasteiger partial charge in [-0.2, -0.15) is 5.26 Å². The van der Waals surface area contributed by atoms with E-state index in [9.17, 15) is 14.9 Å². The van der Waals surface area contributed by atoms with Gasteiger partial charge >= 0.3 is 0 Å². The molecule has 33 heavy (non-hydrogen) atoms. The highest BCUT2D eigenvalue weighted by Gasteiger charge is 2.12. The first kappa shape index (κ1) is 23.6. The average Bonchev–Trinajstić information content (AvgIpc) is 2.79. The second-order valence-corrected chi connectivity index (χ2v) is 7.74. The maximum absolute atomic E-state index is 12.5. The van der Waals surface area contributed by atoms with Crippen LogP contribution in [-0.2, 0) is 9.59 Å². The number of amides is 2. The molecule has 0 saturated carbocycles. The van der Waals surface area contributed by atoms with Gasteiger partial charge in [0.25, 0.3) is 11.8 Å². The predicted molar refractivity (Wildman–Crippen MR) is 130 cm³/mol. The number of ether oxygens (including phenoxy) is 1. The summed E-state index contributed by atoms with van der Waals surface area (Å²) in [5.41, 5.74) is 3.74. The van der Waals surface area contributed by atoms with Gasteiger partial charge < -0.3 is 15.4 Å². The quantitative estimate of drug-likeness (QED) is 0.359. The Bertz CT molecular complexity index is 1260. The van der Waals surface area contributed by atoms with Crippen molar-refractivity contribution in [1.29, 1.82) is 5.26 Å². The number of carbonyl (C=O) groups is 2. The number of nitrogens with zero attached hydrogens (tertiary/aromatic N) is 1. The summed E-state index contributed by atoms with van der Waals surface area (Å²) in [6.07, 6.45) is 1.41. The van der Waals surface area contributed by atoms with Crippen LogP contribution in [0.2, 0.25) is 5.02 Å². The van der Waals surface area contributed by atoms with Crippen LogP contribution < -0.4 is 15.4 Å². The molecule has 0 heterocycles. The van der Waals surface area contributed by atoms with Crippen LogP contribution in [0.5, 0.6) is 5.75 Å². The van der Waals surface area contributed by atoms with Gasteiger partial charge in [-0.15, -0.1) is 0 Å². The summed E-state index contributed by atoms with van der Waals surface area (Å²) in [5, 5.41) is 15.4. The Morgan fingerprint density at radius 1 is 0.970 bits per heavy atom. The molecule has 3 aromatic carbocycles. The number of anilines is 2. The zero-order valence-electron chi connectivity index (χ0n) is 18.2. The summed E-state index contributed by atoms with van der Waals surface area (Å²) < 4.78 is 5.67. The smallest absolute Gasteiger partial charge is 0.266 e. The minimum atomic E-state index is -0.581. The summed E-state index contributed by atoms with van der Waals surface area (Å²) >= 11 is 5.94. The van der Waals surface area contributed by atoms with Gasteiger partial charge in [-0.05, 0) is 67.4 Å². The lowest BCUT2D eigenvalue weighted by Gasteiger charge is -2.11. The fourth-order valence-corrected chi connectivity index (χ4v) is 3.15. The van der Waals surface area contributed by atoms with Gasteiger partial charge in [0, 0.05) is 22.0 Å². The Balaban J connectivity index is 1.69. The molecule has 0 aliphatic rings. The van der Waals surface area contributed by atoms with Gasteiger partial charge in [-0.1, -0.05) is 41.9 Å². The third kappa shape index (κ3) is 6.70. The highest BCUT2D eigenvalue weighted by Crippen LogP contribution is 2.22. The molecule has 0 bridgehead atoms. The molecule has 7 heteroatoms. The van der Waals surface area contributed by atoms with Crippen molar-refractivity contribution in [1.82, 2.24) is 0 Å². The summed E-state index contributed by atoms with van der Waals surface area (Å²) in [4.78, 5) is 24.9. The molecular weight excluding hydrogens is 438 g/mol. The largest absolute Gasteiger partial charge is 0.483 e. The molecule has 2 amide bonds. The molecule has 0 fully saturated rings.